The second-order valence-corrected chi connectivity index (χ2v) is 7.68. The number of anilines is 1. The quantitative estimate of drug-likeness (QED) is 0.380. The number of aromatic nitrogens is 1. The van der Waals surface area contributed by atoms with Gasteiger partial charge in [-0.3, -0.25) is 4.98 Å². The Morgan fingerprint density at radius 2 is 1.68 bits per heavy atom. The fourth-order valence-electron chi connectivity index (χ4n) is 3.64. The molecule has 5 aromatic rings. The molecule has 2 heterocycles. The van der Waals surface area contributed by atoms with Gasteiger partial charge in [0.15, 0.2) is 0 Å². The number of nitrogens with one attached hydrogen (secondary N) is 1. The Balaban J connectivity index is 1.67. The molecule has 0 saturated heterocycles. The first kappa shape index (κ1) is 16.8. The number of pyridine rings is 1. The van der Waals surface area contributed by atoms with Crippen LogP contribution in [0.1, 0.15) is 16.5 Å². The van der Waals surface area contributed by atoms with Crippen LogP contribution < -0.4 is 5.32 Å². The van der Waals surface area contributed by atoms with Crippen molar-refractivity contribution in [2.45, 2.75) is 6.04 Å². The van der Waals surface area contributed by atoms with E-state index in [-0.39, 0.29) is 11.8 Å². The Morgan fingerprint density at radius 1 is 0.821 bits per heavy atom. The monoisotopic (exact) mass is 382 g/mol. The normalized spacial score (nSPS) is 12.3. The number of hydrogen-bond donors (Lipinski definition) is 2. The highest BCUT2D eigenvalue weighted by molar-refractivity contribution is 7.10. The maximum Gasteiger partial charge on any atom is 0.147 e. The van der Waals surface area contributed by atoms with Crippen LogP contribution in [0.25, 0.3) is 21.7 Å². The summed E-state index contributed by atoms with van der Waals surface area (Å²) in [7, 11) is 0. The molecular weight excluding hydrogens is 364 g/mol. The van der Waals surface area contributed by atoms with Gasteiger partial charge in [0.25, 0.3) is 0 Å². The number of thiophene rings is 1. The molecule has 0 radical (unpaired) electrons. The summed E-state index contributed by atoms with van der Waals surface area (Å²) < 4.78 is 0. The molecule has 0 amide bonds. The van der Waals surface area contributed by atoms with Crippen LogP contribution >= 0.6 is 11.3 Å². The number of rotatable bonds is 4. The van der Waals surface area contributed by atoms with Crippen LogP contribution in [0.5, 0.6) is 5.75 Å². The van der Waals surface area contributed by atoms with E-state index in [0.717, 1.165) is 26.9 Å². The third-order valence-electron chi connectivity index (χ3n) is 5.01. The van der Waals surface area contributed by atoms with Crippen molar-refractivity contribution < 1.29 is 5.11 Å². The fourth-order valence-corrected chi connectivity index (χ4v) is 4.44. The van der Waals surface area contributed by atoms with Gasteiger partial charge in [-0.05, 0) is 29.0 Å². The van der Waals surface area contributed by atoms with E-state index in [2.05, 4.69) is 52.1 Å². The first-order chi connectivity index (χ1) is 13.8. The van der Waals surface area contributed by atoms with Crippen LogP contribution in [-0.2, 0) is 0 Å². The molecule has 2 aromatic heterocycles. The van der Waals surface area contributed by atoms with Crippen LogP contribution in [0.3, 0.4) is 0 Å². The van der Waals surface area contributed by atoms with Gasteiger partial charge in [0.1, 0.15) is 11.3 Å². The fraction of sp³-hybridized carbons (Fsp3) is 0.0417. The number of hydrogen-bond acceptors (Lipinski definition) is 4. The molecular formula is C24H18N2OS. The first-order valence-electron chi connectivity index (χ1n) is 9.15. The number of benzene rings is 3. The lowest BCUT2D eigenvalue weighted by Gasteiger charge is -2.22. The summed E-state index contributed by atoms with van der Waals surface area (Å²) in [6.45, 7) is 0. The lowest BCUT2D eigenvalue weighted by molar-refractivity contribution is 0.472. The third kappa shape index (κ3) is 2.88. The summed E-state index contributed by atoms with van der Waals surface area (Å²) >= 11 is 1.67. The van der Waals surface area contributed by atoms with E-state index in [1.54, 1.807) is 17.5 Å². The number of fused-ring (bicyclic) bond motifs is 2. The van der Waals surface area contributed by atoms with Crippen LogP contribution in [-0.4, -0.2) is 10.1 Å². The topological polar surface area (TPSA) is 45.1 Å². The van der Waals surface area contributed by atoms with E-state index in [1.165, 1.54) is 5.39 Å². The minimum Gasteiger partial charge on any atom is -0.505 e. The molecule has 28 heavy (non-hydrogen) atoms. The van der Waals surface area contributed by atoms with Crippen molar-refractivity contribution in [2.75, 3.05) is 5.32 Å². The third-order valence-corrected chi connectivity index (χ3v) is 5.94. The Morgan fingerprint density at radius 3 is 2.57 bits per heavy atom. The van der Waals surface area contributed by atoms with Gasteiger partial charge in [-0.25, -0.2) is 0 Å². The summed E-state index contributed by atoms with van der Waals surface area (Å²) in [5.74, 6) is 0.226. The van der Waals surface area contributed by atoms with Gasteiger partial charge >= 0.3 is 0 Å². The van der Waals surface area contributed by atoms with Gasteiger partial charge in [-0.15, -0.1) is 11.3 Å². The summed E-state index contributed by atoms with van der Waals surface area (Å²) in [6.07, 6.45) is 1.71. The zero-order valence-electron chi connectivity index (χ0n) is 15.0. The minimum absolute atomic E-state index is 0.169. The second kappa shape index (κ2) is 6.98. The summed E-state index contributed by atoms with van der Waals surface area (Å²) in [5.41, 5.74) is 2.49. The van der Waals surface area contributed by atoms with Crippen molar-refractivity contribution in [2.24, 2.45) is 0 Å². The smallest absolute Gasteiger partial charge is 0.147 e. The molecule has 0 saturated carbocycles. The number of nitrogens with zero attached hydrogens (tertiary/aromatic N) is 1. The molecule has 3 nitrogen and oxygen atoms in total. The molecule has 4 heteroatoms. The standard InChI is InChI=1S/C24H18N2OS/c27-24-19(13-12-17-8-4-14-25-22(17)24)23(21-11-5-15-28-21)26-20-10-3-7-16-6-1-2-9-18(16)20/h1-15,23,26-27H. The van der Waals surface area contributed by atoms with E-state index in [9.17, 15) is 5.11 Å². The van der Waals surface area contributed by atoms with Crippen molar-refractivity contribution in [3.05, 3.63) is 101 Å². The number of phenolic OH excluding ortho intramolecular Hbond substituents is 1. The molecule has 5 rings (SSSR count). The van der Waals surface area contributed by atoms with Crippen molar-refractivity contribution in [1.82, 2.24) is 4.98 Å². The average molecular weight is 382 g/mol. The molecule has 1 atom stereocenters. The van der Waals surface area contributed by atoms with Crippen molar-refractivity contribution in [3.8, 4) is 5.75 Å². The van der Waals surface area contributed by atoms with Gasteiger partial charge in [0.05, 0.1) is 6.04 Å². The maximum absolute atomic E-state index is 11.0. The predicted molar refractivity (Wildman–Crippen MR) is 117 cm³/mol. The molecule has 2 N–H and O–H groups in total. The van der Waals surface area contributed by atoms with E-state index in [0.29, 0.717) is 5.52 Å². The van der Waals surface area contributed by atoms with Gasteiger partial charge in [-0.2, -0.15) is 0 Å². The summed E-state index contributed by atoms with van der Waals surface area (Å²) in [5, 5.41) is 20.0. The van der Waals surface area contributed by atoms with Crippen LogP contribution in [0.4, 0.5) is 5.69 Å². The van der Waals surface area contributed by atoms with Crippen LogP contribution in [0, 0.1) is 0 Å². The zero-order valence-corrected chi connectivity index (χ0v) is 15.9. The molecule has 0 fully saturated rings. The Bertz CT molecular complexity index is 1260. The molecule has 3 aromatic carbocycles. The van der Waals surface area contributed by atoms with Crippen molar-refractivity contribution in [1.29, 1.82) is 0 Å². The van der Waals surface area contributed by atoms with E-state index < -0.39 is 0 Å². The van der Waals surface area contributed by atoms with Gasteiger partial charge in [0, 0.05) is 33.1 Å². The lowest BCUT2D eigenvalue weighted by Crippen LogP contribution is -2.12. The number of aromatic hydroxyl groups is 1. The highest BCUT2D eigenvalue weighted by Crippen LogP contribution is 2.39. The molecule has 0 bridgehead atoms. The van der Waals surface area contributed by atoms with Crippen molar-refractivity contribution in [3.63, 3.8) is 0 Å². The lowest BCUT2D eigenvalue weighted by atomic mass is 10.00. The molecule has 136 valence electrons. The maximum atomic E-state index is 11.0. The molecule has 0 aliphatic carbocycles. The molecule has 0 spiro atoms. The van der Waals surface area contributed by atoms with E-state index >= 15 is 0 Å². The van der Waals surface area contributed by atoms with Crippen molar-refractivity contribution >= 4 is 38.7 Å². The van der Waals surface area contributed by atoms with E-state index in [4.69, 9.17) is 0 Å². The minimum atomic E-state index is -0.169. The SMILES string of the molecule is Oc1c(C(Nc2cccc3ccccc23)c2cccs2)ccc2cccnc12. The average Bonchev–Trinajstić information content (AvgIpc) is 3.28. The molecule has 0 aliphatic heterocycles. The largest absolute Gasteiger partial charge is 0.505 e. The summed E-state index contributed by atoms with van der Waals surface area (Å²) in [4.78, 5) is 5.53. The molecule has 1 unspecified atom stereocenters. The van der Waals surface area contributed by atoms with Gasteiger partial charge in [-0.1, -0.05) is 60.7 Å². The Hall–Kier alpha value is -3.37. The first-order valence-corrected chi connectivity index (χ1v) is 10.0. The zero-order chi connectivity index (χ0) is 18.9. The highest BCUT2D eigenvalue weighted by Gasteiger charge is 2.21. The Labute approximate surface area is 166 Å². The summed E-state index contributed by atoms with van der Waals surface area (Å²) in [6, 6.07) is 26.4. The second-order valence-electron chi connectivity index (χ2n) is 6.70. The van der Waals surface area contributed by atoms with Gasteiger partial charge < -0.3 is 10.4 Å². The van der Waals surface area contributed by atoms with Crippen LogP contribution in [0.2, 0.25) is 0 Å². The van der Waals surface area contributed by atoms with Gasteiger partial charge in [0.2, 0.25) is 0 Å². The number of phenols is 1. The predicted octanol–water partition coefficient (Wildman–Crippen LogP) is 6.36. The van der Waals surface area contributed by atoms with Crippen LogP contribution in [0.15, 0.2) is 90.4 Å². The molecule has 0 aliphatic rings. The highest BCUT2D eigenvalue weighted by atomic mass is 32.1. The Kier molecular flexibility index (Phi) is 4.18. The van der Waals surface area contributed by atoms with E-state index in [1.807, 2.05) is 42.5 Å².